The van der Waals surface area contributed by atoms with E-state index >= 15 is 0 Å². The highest BCUT2D eigenvalue weighted by molar-refractivity contribution is 5.02. The monoisotopic (exact) mass is 222 g/mol. The van der Waals surface area contributed by atoms with Crippen LogP contribution in [0.3, 0.4) is 0 Å². The van der Waals surface area contributed by atoms with Crippen molar-refractivity contribution in [1.82, 2.24) is 0 Å². The maximum atomic E-state index is 12.7. The van der Waals surface area contributed by atoms with E-state index in [1.165, 1.54) is 0 Å². The Morgan fingerprint density at radius 2 is 1.67 bits per heavy atom. The summed E-state index contributed by atoms with van der Waals surface area (Å²) in [5, 5.41) is 9.63. The molecule has 0 heterocycles. The van der Waals surface area contributed by atoms with Crippen LogP contribution in [0.4, 0.5) is 13.2 Å². The van der Waals surface area contributed by atoms with Crippen LogP contribution in [0.15, 0.2) is 0 Å². The Balaban J connectivity index is 2.15. The van der Waals surface area contributed by atoms with Crippen LogP contribution >= 0.6 is 0 Å². The van der Waals surface area contributed by atoms with E-state index in [2.05, 4.69) is 6.92 Å². The van der Waals surface area contributed by atoms with Gasteiger partial charge < -0.3 is 5.11 Å². The second-order valence-electron chi connectivity index (χ2n) is 5.46. The van der Waals surface area contributed by atoms with E-state index in [9.17, 15) is 18.3 Å². The van der Waals surface area contributed by atoms with Gasteiger partial charge in [0.15, 0.2) is 5.60 Å². The van der Waals surface area contributed by atoms with Crippen LogP contribution in [0.1, 0.15) is 33.1 Å². The molecule has 5 unspecified atom stereocenters. The van der Waals surface area contributed by atoms with E-state index in [1.54, 1.807) is 0 Å². The largest absolute Gasteiger partial charge is 0.417 e. The number of halogens is 3. The fourth-order valence-corrected chi connectivity index (χ4v) is 3.46. The van der Waals surface area contributed by atoms with Gasteiger partial charge in [0.05, 0.1) is 0 Å². The summed E-state index contributed by atoms with van der Waals surface area (Å²) in [6.07, 6.45) is -2.23. The predicted octanol–water partition coefficient (Wildman–Crippen LogP) is 2.98. The van der Waals surface area contributed by atoms with Crippen molar-refractivity contribution in [2.75, 3.05) is 0 Å². The highest BCUT2D eigenvalue weighted by atomic mass is 19.4. The molecule has 1 N–H and O–H groups in total. The molecule has 0 amide bonds. The number of hydrogen-bond acceptors (Lipinski definition) is 1. The fraction of sp³-hybridized carbons (Fsp3) is 1.00. The molecule has 0 aromatic heterocycles. The van der Waals surface area contributed by atoms with Gasteiger partial charge >= 0.3 is 6.18 Å². The van der Waals surface area contributed by atoms with Gasteiger partial charge in [-0.15, -0.1) is 0 Å². The highest BCUT2D eigenvalue weighted by Crippen LogP contribution is 2.57. The minimum absolute atomic E-state index is 0.0709. The Labute approximate surface area is 87.7 Å². The lowest BCUT2D eigenvalue weighted by Crippen LogP contribution is -2.50. The van der Waals surface area contributed by atoms with Crippen molar-refractivity contribution >= 4 is 0 Å². The molecule has 0 saturated heterocycles. The van der Waals surface area contributed by atoms with Crippen LogP contribution in [0.25, 0.3) is 0 Å². The van der Waals surface area contributed by atoms with E-state index in [-0.39, 0.29) is 5.92 Å². The lowest BCUT2D eigenvalue weighted by atomic mass is 9.74. The van der Waals surface area contributed by atoms with Crippen molar-refractivity contribution in [3.63, 3.8) is 0 Å². The molecule has 2 aliphatic carbocycles. The van der Waals surface area contributed by atoms with Gasteiger partial charge in [0.2, 0.25) is 0 Å². The molecule has 0 spiro atoms. The third-order valence-electron chi connectivity index (χ3n) is 4.51. The zero-order valence-electron chi connectivity index (χ0n) is 9.01. The zero-order valence-corrected chi connectivity index (χ0v) is 9.01. The molecule has 15 heavy (non-hydrogen) atoms. The molecule has 0 aromatic carbocycles. The Hall–Kier alpha value is -0.250. The van der Waals surface area contributed by atoms with Crippen LogP contribution < -0.4 is 0 Å². The predicted molar refractivity (Wildman–Crippen MR) is 50.2 cm³/mol. The molecule has 0 radical (unpaired) electrons. The van der Waals surface area contributed by atoms with Gasteiger partial charge in [-0.2, -0.15) is 13.2 Å². The molecule has 2 bridgehead atoms. The third-order valence-corrected chi connectivity index (χ3v) is 4.51. The average Bonchev–Trinajstić information content (AvgIpc) is 2.59. The second-order valence-corrected chi connectivity index (χ2v) is 5.46. The van der Waals surface area contributed by atoms with Gasteiger partial charge in [-0.1, -0.05) is 6.92 Å². The van der Waals surface area contributed by atoms with E-state index in [0.29, 0.717) is 18.3 Å². The first-order chi connectivity index (χ1) is 6.73. The molecule has 88 valence electrons. The van der Waals surface area contributed by atoms with Crippen LogP contribution in [-0.4, -0.2) is 16.9 Å². The maximum Gasteiger partial charge on any atom is 0.417 e. The third kappa shape index (κ3) is 1.57. The quantitative estimate of drug-likeness (QED) is 0.723. The van der Waals surface area contributed by atoms with Gasteiger partial charge in [-0.25, -0.2) is 0 Å². The topological polar surface area (TPSA) is 20.2 Å². The van der Waals surface area contributed by atoms with E-state index in [0.717, 1.165) is 19.8 Å². The number of fused-ring (bicyclic) bond motifs is 2. The number of alkyl halides is 3. The number of rotatable bonds is 1. The van der Waals surface area contributed by atoms with Gasteiger partial charge in [0.1, 0.15) is 0 Å². The SMILES string of the molecule is CC1CC2CC1CC2C(C)(O)C(F)(F)F. The maximum absolute atomic E-state index is 12.7. The summed E-state index contributed by atoms with van der Waals surface area (Å²) in [7, 11) is 0. The summed E-state index contributed by atoms with van der Waals surface area (Å²) in [6, 6.07) is 0. The van der Waals surface area contributed by atoms with Crippen molar-refractivity contribution in [3.05, 3.63) is 0 Å². The minimum atomic E-state index is -4.49. The Morgan fingerprint density at radius 3 is 2.00 bits per heavy atom. The van der Waals surface area contributed by atoms with E-state index < -0.39 is 17.7 Å². The van der Waals surface area contributed by atoms with E-state index in [1.807, 2.05) is 0 Å². The first-order valence-electron chi connectivity index (χ1n) is 5.52. The lowest BCUT2D eigenvalue weighted by molar-refractivity contribution is -0.277. The van der Waals surface area contributed by atoms with Crippen LogP contribution in [-0.2, 0) is 0 Å². The minimum Gasteiger partial charge on any atom is -0.380 e. The normalized spacial score (nSPS) is 44.4. The molecular formula is C11H17F3O. The first-order valence-corrected chi connectivity index (χ1v) is 5.52. The van der Waals surface area contributed by atoms with Gasteiger partial charge in [0.25, 0.3) is 0 Å². The first kappa shape index (κ1) is 11.2. The number of hydrogen-bond donors (Lipinski definition) is 1. The summed E-state index contributed by atoms with van der Waals surface area (Å²) >= 11 is 0. The van der Waals surface area contributed by atoms with Crippen LogP contribution in [0, 0.1) is 23.7 Å². The molecule has 0 aliphatic heterocycles. The van der Waals surface area contributed by atoms with Gasteiger partial charge in [-0.3, -0.25) is 0 Å². The second kappa shape index (κ2) is 3.12. The summed E-state index contributed by atoms with van der Waals surface area (Å²) in [5.74, 6) is 0.421. The van der Waals surface area contributed by atoms with Crippen LogP contribution in [0.2, 0.25) is 0 Å². The van der Waals surface area contributed by atoms with Gasteiger partial charge in [0, 0.05) is 0 Å². The summed E-state index contributed by atoms with van der Waals surface area (Å²) in [4.78, 5) is 0. The molecule has 4 heteroatoms. The summed E-state index contributed by atoms with van der Waals surface area (Å²) in [5.41, 5.74) is -2.49. The standard InChI is InChI=1S/C11H17F3O/c1-6-3-8-4-7(6)5-9(8)10(2,15)11(12,13)14/h6-9,15H,3-5H2,1-2H3. The molecule has 2 saturated carbocycles. The Bertz CT molecular complexity index is 257. The Kier molecular flexibility index (Phi) is 2.34. The summed E-state index contributed by atoms with van der Waals surface area (Å²) < 4.78 is 38.0. The molecule has 2 fully saturated rings. The average molecular weight is 222 g/mol. The van der Waals surface area contributed by atoms with Crippen molar-refractivity contribution < 1.29 is 18.3 Å². The number of aliphatic hydroxyl groups is 1. The molecule has 0 aromatic rings. The molecule has 2 aliphatic rings. The molecule has 2 rings (SSSR count). The van der Waals surface area contributed by atoms with E-state index in [4.69, 9.17) is 0 Å². The van der Waals surface area contributed by atoms with Crippen LogP contribution in [0.5, 0.6) is 0 Å². The molecular weight excluding hydrogens is 205 g/mol. The molecule has 5 atom stereocenters. The van der Waals surface area contributed by atoms with Crippen molar-refractivity contribution in [1.29, 1.82) is 0 Å². The van der Waals surface area contributed by atoms with Crippen molar-refractivity contribution in [2.45, 2.75) is 44.9 Å². The Morgan fingerprint density at radius 1 is 1.07 bits per heavy atom. The fourth-order valence-electron chi connectivity index (χ4n) is 3.46. The lowest BCUT2D eigenvalue weighted by Gasteiger charge is -2.38. The highest BCUT2D eigenvalue weighted by Gasteiger charge is 2.61. The zero-order chi connectivity index (χ0) is 11.4. The smallest absolute Gasteiger partial charge is 0.380 e. The van der Waals surface area contributed by atoms with Crippen molar-refractivity contribution in [2.24, 2.45) is 23.7 Å². The summed E-state index contributed by atoms with van der Waals surface area (Å²) in [6.45, 7) is 3.03. The van der Waals surface area contributed by atoms with Crippen molar-refractivity contribution in [3.8, 4) is 0 Å². The van der Waals surface area contributed by atoms with Gasteiger partial charge in [-0.05, 0) is 49.9 Å². The molecule has 1 nitrogen and oxygen atoms in total.